The van der Waals surface area contributed by atoms with Gasteiger partial charge < -0.3 is 14.9 Å². The first-order chi connectivity index (χ1) is 8.49. The van der Waals surface area contributed by atoms with Crippen LogP contribution in [-0.4, -0.2) is 29.5 Å². The Balaban J connectivity index is 2.85. The molecule has 102 valence electrons. The van der Waals surface area contributed by atoms with E-state index in [0.717, 1.165) is 12.0 Å². The monoisotopic (exact) mass is 272 g/mol. The first-order valence-corrected chi connectivity index (χ1v) is 6.56. The van der Waals surface area contributed by atoms with Gasteiger partial charge in [-0.3, -0.25) is 0 Å². The maximum Gasteiger partial charge on any atom is 0.137 e. The smallest absolute Gasteiger partial charge is 0.137 e. The van der Waals surface area contributed by atoms with Crippen molar-refractivity contribution in [3.63, 3.8) is 0 Å². The van der Waals surface area contributed by atoms with E-state index in [1.807, 2.05) is 18.2 Å². The zero-order valence-electron chi connectivity index (χ0n) is 11.1. The number of aliphatic hydroxyl groups is 2. The highest BCUT2D eigenvalue weighted by molar-refractivity contribution is 6.32. The van der Waals surface area contributed by atoms with Crippen molar-refractivity contribution in [2.24, 2.45) is 0 Å². The number of methoxy groups -OCH3 is 1. The molecule has 1 aromatic carbocycles. The van der Waals surface area contributed by atoms with Crippen LogP contribution in [0.5, 0.6) is 5.75 Å². The standard InChI is InChI=1S/C14H21ClO3/c1-4-10(8-13(17)9(2)16)11-5-6-14(18-3)12(15)7-11/h5-7,9-10,13,16-17H,4,8H2,1-3H3. The number of rotatable bonds is 6. The highest BCUT2D eigenvalue weighted by atomic mass is 35.5. The van der Waals surface area contributed by atoms with Gasteiger partial charge in [-0.05, 0) is 43.4 Å². The second-order valence-corrected chi connectivity index (χ2v) is 4.95. The van der Waals surface area contributed by atoms with Crippen LogP contribution in [-0.2, 0) is 0 Å². The molecular formula is C14H21ClO3. The Hall–Kier alpha value is -0.770. The molecule has 4 heteroatoms. The van der Waals surface area contributed by atoms with Crippen LogP contribution in [0.1, 0.15) is 38.2 Å². The van der Waals surface area contributed by atoms with Crippen LogP contribution in [0, 0.1) is 0 Å². The molecule has 0 saturated heterocycles. The summed E-state index contributed by atoms with van der Waals surface area (Å²) in [4.78, 5) is 0. The summed E-state index contributed by atoms with van der Waals surface area (Å²) in [6, 6.07) is 5.64. The van der Waals surface area contributed by atoms with Crippen molar-refractivity contribution in [3.8, 4) is 5.75 Å². The van der Waals surface area contributed by atoms with Gasteiger partial charge in [0.1, 0.15) is 5.75 Å². The van der Waals surface area contributed by atoms with Gasteiger partial charge in [0.2, 0.25) is 0 Å². The van der Waals surface area contributed by atoms with Gasteiger partial charge >= 0.3 is 0 Å². The highest BCUT2D eigenvalue weighted by Crippen LogP contribution is 2.32. The van der Waals surface area contributed by atoms with E-state index in [-0.39, 0.29) is 5.92 Å². The second-order valence-electron chi connectivity index (χ2n) is 4.54. The lowest BCUT2D eigenvalue weighted by Crippen LogP contribution is -2.24. The Kier molecular flexibility index (Phi) is 5.93. The minimum atomic E-state index is -0.715. The second kappa shape index (κ2) is 6.98. The number of hydrogen-bond acceptors (Lipinski definition) is 3. The summed E-state index contributed by atoms with van der Waals surface area (Å²) in [5, 5.41) is 19.7. The van der Waals surface area contributed by atoms with Crippen molar-refractivity contribution < 1.29 is 14.9 Å². The molecule has 0 aromatic heterocycles. The molecule has 0 saturated carbocycles. The summed E-state index contributed by atoms with van der Waals surface area (Å²) < 4.78 is 5.11. The van der Waals surface area contributed by atoms with E-state index < -0.39 is 12.2 Å². The molecule has 0 aliphatic heterocycles. The fourth-order valence-electron chi connectivity index (χ4n) is 1.96. The van der Waals surface area contributed by atoms with Crippen LogP contribution < -0.4 is 4.74 Å². The number of aliphatic hydroxyl groups excluding tert-OH is 2. The van der Waals surface area contributed by atoms with Crippen molar-refractivity contribution >= 4 is 11.6 Å². The summed E-state index contributed by atoms with van der Waals surface area (Å²) in [5.41, 5.74) is 1.06. The van der Waals surface area contributed by atoms with E-state index in [2.05, 4.69) is 6.92 Å². The fourth-order valence-corrected chi connectivity index (χ4v) is 2.23. The van der Waals surface area contributed by atoms with Gasteiger partial charge in [-0.1, -0.05) is 24.6 Å². The molecule has 2 N–H and O–H groups in total. The lowest BCUT2D eigenvalue weighted by molar-refractivity contribution is 0.0215. The predicted octanol–water partition coefficient (Wildman–Crippen LogP) is 2.97. The van der Waals surface area contributed by atoms with Gasteiger partial charge in [-0.25, -0.2) is 0 Å². The highest BCUT2D eigenvalue weighted by Gasteiger charge is 2.19. The van der Waals surface area contributed by atoms with Gasteiger partial charge in [0.05, 0.1) is 24.3 Å². The SMILES string of the molecule is CCC(CC(O)C(C)O)c1ccc(OC)c(Cl)c1. The van der Waals surface area contributed by atoms with Gasteiger partial charge in [-0.15, -0.1) is 0 Å². The van der Waals surface area contributed by atoms with Gasteiger partial charge in [0.15, 0.2) is 0 Å². The van der Waals surface area contributed by atoms with Gasteiger partial charge in [-0.2, -0.15) is 0 Å². The van der Waals surface area contributed by atoms with E-state index in [9.17, 15) is 10.2 Å². The average Bonchev–Trinajstić information content (AvgIpc) is 2.35. The van der Waals surface area contributed by atoms with E-state index in [0.29, 0.717) is 17.2 Å². The van der Waals surface area contributed by atoms with Crippen LogP contribution in [0.4, 0.5) is 0 Å². The van der Waals surface area contributed by atoms with Crippen LogP contribution in [0.15, 0.2) is 18.2 Å². The molecule has 3 unspecified atom stereocenters. The van der Waals surface area contributed by atoms with E-state index in [4.69, 9.17) is 16.3 Å². The molecule has 18 heavy (non-hydrogen) atoms. The third-order valence-electron chi connectivity index (χ3n) is 3.22. The molecule has 0 spiro atoms. The van der Waals surface area contributed by atoms with Gasteiger partial charge in [0, 0.05) is 0 Å². The average molecular weight is 273 g/mol. The maximum absolute atomic E-state index is 9.75. The molecule has 0 aliphatic rings. The summed E-state index contributed by atoms with van der Waals surface area (Å²) in [6.07, 6.45) is -0.0212. The topological polar surface area (TPSA) is 49.7 Å². The first-order valence-electron chi connectivity index (χ1n) is 6.19. The molecule has 0 radical (unpaired) electrons. The summed E-state index contributed by atoms with van der Waals surface area (Å²) >= 11 is 6.09. The van der Waals surface area contributed by atoms with Crippen molar-refractivity contribution in [1.82, 2.24) is 0 Å². The number of halogens is 1. The quantitative estimate of drug-likeness (QED) is 0.837. The van der Waals surface area contributed by atoms with Crippen molar-refractivity contribution in [2.75, 3.05) is 7.11 Å². The molecule has 3 nitrogen and oxygen atoms in total. The molecule has 0 heterocycles. The molecule has 0 amide bonds. The normalized spacial score (nSPS) is 16.1. The molecule has 0 bridgehead atoms. The molecule has 1 aromatic rings. The van der Waals surface area contributed by atoms with Crippen LogP contribution >= 0.6 is 11.6 Å². The van der Waals surface area contributed by atoms with E-state index in [1.165, 1.54) is 0 Å². The Morgan fingerprint density at radius 3 is 2.44 bits per heavy atom. The molecule has 0 aliphatic carbocycles. The van der Waals surface area contributed by atoms with E-state index in [1.54, 1.807) is 14.0 Å². The third kappa shape index (κ3) is 3.87. The molecular weight excluding hydrogens is 252 g/mol. The van der Waals surface area contributed by atoms with Crippen LogP contribution in [0.2, 0.25) is 5.02 Å². The minimum absolute atomic E-state index is 0.179. The minimum Gasteiger partial charge on any atom is -0.495 e. The molecule has 3 atom stereocenters. The lowest BCUT2D eigenvalue weighted by Gasteiger charge is -2.21. The zero-order chi connectivity index (χ0) is 13.7. The Morgan fingerprint density at radius 2 is 2.00 bits per heavy atom. The van der Waals surface area contributed by atoms with Crippen LogP contribution in [0.25, 0.3) is 0 Å². The largest absolute Gasteiger partial charge is 0.495 e. The predicted molar refractivity (Wildman–Crippen MR) is 73.3 cm³/mol. The number of benzene rings is 1. The fraction of sp³-hybridized carbons (Fsp3) is 0.571. The third-order valence-corrected chi connectivity index (χ3v) is 3.52. The lowest BCUT2D eigenvalue weighted by atomic mass is 9.89. The van der Waals surface area contributed by atoms with Crippen molar-refractivity contribution in [1.29, 1.82) is 0 Å². The van der Waals surface area contributed by atoms with E-state index >= 15 is 0 Å². The number of ether oxygens (including phenoxy) is 1. The van der Waals surface area contributed by atoms with Gasteiger partial charge in [0.25, 0.3) is 0 Å². The van der Waals surface area contributed by atoms with Crippen molar-refractivity contribution in [3.05, 3.63) is 28.8 Å². The first kappa shape index (κ1) is 15.3. The summed E-state index contributed by atoms with van der Waals surface area (Å²) in [5.74, 6) is 0.823. The molecule has 0 fully saturated rings. The Labute approximate surface area is 113 Å². The van der Waals surface area contributed by atoms with Crippen molar-refractivity contribution in [2.45, 2.75) is 44.8 Å². The maximum atomic E-state index is 9.75. The number of hydrogen-bond donors (Lipinski definition) is 2. The van der Waals surface area contributed by atoms with Crippen LogP contribution in [0.3, 0.4) is 0 Å². The summed E-state index contributed by atoms with van der Waals surface area (Å²) in [7, 11) is 1.58. The summed E-state index contributed by atoms with van der Waals surface area (Å²) in [6.45, 7) is 3.65. The molecule has 1 rings (SSSR count). The zero-order valence-corrected chi connectivity index (χ0v) is 11.8. The Morgan fingerprint density at radius 1 is 1.33 bits per heavy atom. The Bertz CT molecular complexity index is 379.